The highest BCUT2D eigenvalue weighted by atomic mass is 32.2. The molecule has 4 amide bonds. The van der Waals surface area contributed by atoms with E-state index in [9.17, 15) is 24.0 Å². The lowest BCUT2D eigenvalue weighted by Gasteiger charge is -2.27. The third-order valence-electron chi connectivity index (χ3n) is 5.58. The largest absolute Gasteiger partial charge is 0.459 e. The number of thioether (sulfide) groups is 1. The van der Waals surface area contributed by atoms with Crippen molar-refractivity contribution in [1.82, 2.24) is 20.4 Å². The third-order valence-corrected chi connectivity index (χ3v) is 6.67. The summed E-state index contributed by atoms with van der Waals surface area (Å²) in [5, 5.41) is 5.29. The van der Waals surface area contributed by atoms with E-state index < -0.39 is 42.5 Å². The summed E-state index contributed by atoms with van der Waals surface area (Å²) < 4.78 is 5.38. The van der Waals surface area contributed by atoms with Gasteiger partial charge in [0.15, 0.2) is 0 Å². The number of hydrogen-bond acceptors (Lipinski definition) is 7. The Bertz CT molecular complexity index is 924. The summed E-state index contributed by atoms with van der Waals surface area (Å²) in [6, 6.07) is 4.25. The number of likely N-dealkylation sites (tertiary alicyclic amines) is 1. The maximum atomic E-state index is 13.0. The molecule has 0 aliphatic carbocycles. The first-order chi connectivity index (χ1) is 15.8. The Morgan fingerprint density at radius 1 is 1.27 bits per heavy atom. The number of rotatable bonds is 4. The van der Waals surface area contributed by atoms with Crippen LogP contribution in [0.1, 0.15) is 28.8 Å². The zero-order valence-corrected chi connectivity index (χ0v) is 19.4. The number of nitrogens with zero attached hydrogens (tertiary/aromatic N) is 2. The van der Waals surface area contributed by atoms with Gasteiger partial charge in [-0.25, -0.2) is 4.79 Å². The summed E-state index contributed by atoms with van der Waals surface area (Å²) >= 11 is 1.40. The average Bonchev–Trinajstić information content (AvgIpc) is 3.29. The Hall–Kier alpha value is -3.08. The van der Waals surface area contributed by atoms with Crippen LogP contribution in [0.25, 0.3) is 0 Å². The molecule has 2 aliphatic rings. The van der Waals surface area contributed by atoms with E-state index in [4.69, 9.17) is 4.74 Å². The highest BCUT2D eigenvalue weighted by Crippen LogP contribution is 2.20. The van der Waals surface area contributed by atoms with Crippen molar-refractivity contribution in [3.05, 3.63) is 35.4 Å². The van der Waals surface area contributed by atoms with Crippen molar-refractivity contribution < 1.29 is 28.7 Å². The minimum atomic E-state index is -1.22. The first-order valence-electron chi connectivity index (χ1n) is 10.7. The number of nitrogens with one attached hydrogen (secondary N) is 2. The van der Waals surface area contributed by atoms with Gasteiger partial charge in [-0.3, -0.25) is 19.2 Å². The molecule has 2 aliphatic heterocycles. The second kappa shape index (κ2) is 11.2. The number of carbonyl (C=O) groups excluding carboxylic acids is 5. The van der Waals surface area contributed by atoms with Gasteiger partial charge < -0.3 is 25.2 Å². The minimum absolute atomic E-state index is 0.286. The van der Waals surface area contributed by atoms with Gasteiger partial charge in [0.1, 0.15) is 24.7 Å². The quantitative estimate of drug-likeness (QED) is 0.454. The lowest BCUT2D eigenvalue weighted by atomic mass is 10.1. The second-order valence-corrected chi connectivity index (χ2v) is 9.16. The number of ether oxygens (including phenoxy) is 1. The molecule has 1 aromatic carbocycles. The summed E-state index contributed by atoms with van der Waals surface area (Å²) in [4.78, 5) is 65.2. The molecule has 0 radical (unpaired) electrons. The monoisotopic (exact) mass is 476 g/mol. The highest BCUT2D eigenvalue weighted by molar-refractivity contribution is 7.98. The molecule has 2 heterocycles. The van der Waals surface area contributed by atoms with E-state index in [1.54, 1.807) is 26.2 Å². The number of amides is 4. The maximum absolute atomic E-state index is 13.0. The van der Waals surface area contributed by atoms with Crippen LogP contribution in [0.5, 0.6) is 0 Å². The lowest BCUT2D eigenvalue weighted by Crippen LogP contribution is -2.58. The molecule has 1 saturated heterocycles. The average molecular weight is 477 g/mol. The zero-order chi connectivity index (χ0) is 24.0. The number of cyclic esters (lactones) is 1. The Morgan fingerprint density at radius 2 is 2.03 bits per heavy atom. The predicted octanol–water partition coefficient (Wildman–Crippen LogP) is -0.231. The molecular formula is C22H28N4O6S. The standard InChI is InChI=1S/C22H28N4O6S/c1-25(2)21(30)17-12-33-11-14-6-3-4-7-15(14)22(31)32-10-16(19(28)24-17)23-20(29)18-8-5-9-26(18)13-27/h3-4,6-7,13,16-18H,5,8-12H2,1-2H3,(H,23,29)(H,24,28)/t16-,17-,18+/m1/s1. The van der Waals surface area contributed by atoms with Gasteiger partial charge in [-0.05, 0) is 24.5 Å². The van der Waals surface area contributed by atoms with Crippen molar-refractivity contribution in [2.24, 2.45) is 0 Å². The summed E-state index contributed by atoms with van der Waals surface area (Å²) in [6.07, 6.45) is 1.76. The molecule has 10 nitrogen and oxygen atoms in total. The first-order valence-corrected chi connectivity index (χ1v) is 11.8. The Morgan fingerprint density at radius 3 is 2.76 bits per heavy atom. The van der Waals surface area contributed by atoms with Crippen molar-refractivity contribution >= 4 is 41.9 Å². The van der Waals surface area contributed by atoms with E-state index in [2.05, 4.69) is 10.6 Å². The molecule has 2 N–H and O–H groups in total. The SMILES string of the molecule is CN(C)C(=O)[C@H]1CSCc2ccccc2C(=O)OC[C@@H](NC(=O)[C@@H]2CCCN2C=O)C(=O)N1. The molecule has 3 rings (SSSR count). The fourth-order valence-corrected chi connectivity index (χ4v) is 4.83. The normalized spacial score (nSPS) is 23.8. The number of benzene rings is 1. The van der Waals surface area contributed by atoms with E-state index in [0.29, 0.717) is 37.1 Å². The van der Waals surface area contributed by atoms with Gasteiger partial charge in [0, 0.05) is 32.1 Å². The van der Waals surface area contributed by atoms with E-state index in [0.717, 1.165) is 5.56 Å². The number of likely N-dealkylation sites (N-methyl/N-ethyl adjacent to an activating group) is 1. The third kappa shape index (κ3) is 6.04. The van der Waals surface area contributed by atoms with Crippen molar-refractivity contribution in [3.63, 3.8) is 0 Å². The van der Waals surface area contributed by atoms with Gasteiger partial charge >= 0.3 is 5.97 Å². The van der Waals surface area contributed by atoms with E-state index in [1.807, 2.05) is 12.1 Å². The number of carbonyl (C=O) groups is 5. The fourth-order valence-electron chi connectivity index (χ4n) is 3.78. The van der Waals surface area contributed by atoms with Gasteiger partial charge in [-0.2, -0.15) is 11.8 Å². The molecular weight excluding hydrogens is 448 g/mol. The smallest absolute Gasteiger partial charge is 0.338 e. The van der Waals surface area contributed by atoms with Gasteiger partial charge in [0.25, 0.3) is 0 Å². The van der Waals surface area contributed by atoms with Crippen LogP contribution < -0.4 is 10.6 Å². The van der Waals surface area contributed by atoms with Gasteiger partial charge in [0.2, 0.25) is 24.1 Å². The minimum Gasteiger partial charge on any atom is -0.459 e. The summed E-state index contributed by atoms with van der Waals surface area (Å²) in [7, 11) is 3.19. The Labute approximate surface area is 196 Å². The Kier molecular flexibility index (Phi) is 8.32. The fraction of sp³-hybridized carbons (Fsp3) is 0.500. The van der Waals surface area contributed by atoms with Crippen molar-refractivity contribution in [2.75, 3.05) is 33.0 Å². The zero-order valence-electron chi connectivity index (χ0n) is 18.6. The van der Waals surface area contributed by atoms with Crippen LogP contribution in [0, 0.1) is 0 Å². The van der Waals surface area contributed by atoms with Gasteiger partial charge in [-0.1, -0.05) is 18.2 Å². The van der Waals surface area contributed by atoms with Crippen molar-refractivity contribution in [1.29, 1.82) is 0 Å². The molecule has 0 spiro atoms. The first kappa shape index (κ1) is 24.6. The molecule has 33 heavy (non-hydrogen) atoms. The van der Waals surface area contributed by atoms with Crippen LogP contribution in [-0.4, -0.2) is 91.0 Å². The van der Waals surface area contributed by atoms with Gasteiger partial charge in [-0.15, -0.1) is 0 Å². The van der Waals surface area contributed by atoms with Crippen LogP contribution in [0.4, 0.5) is 0 Å². The molecule has 0 saturated carbocycles. The van der Waals surface area contributed by atoms with Gasteiger partial charge in [0.05, 0.1) is 5.56 Å². The Balaban J connectivity index is 1.84. The summed E-state index contributed by atoms with van der Waals surface area (Å²) in [6.45, 7) is 0.0510. The number of hydrogen-bond donors (Lipinski definition) is 2. The molecule has 0 bridgehead atoms. The second-order valence-electron chi connectivity index (χ2n) is 8.13. The van der Waals surface area contributed by atoms with E-state index >= 15 is 0 Å². The topological polar surface area (TPSA) is 125 Å². The number of fused-ring (bicyclic) bond motifs is 1. The number of esters is 1. The maximum Gasteiger partial charge on any atom is 0.338 e. The molecule has 0 unspecified atom stereocenters. The lowest BCUT2D eigenvalue weighted by molar-refractivity contribution is -0.137. The molecule has 178 valence electrons. The van der Waals surface area contributed by atoms with Crippen LogP contribution in [0.3, 0.4) is 0 Å². The van der Waals surface area contributed by atoms with Crippen LogP contribution in [0.2, 0.25) is 0 Å². The van der Waals surface area contributed by atoms with E-state index in [-0.39, 0.29) is 11.7 Å². The summed E-state index contributed by atoms with van der Waals surface area (Å²) in [5.41, 5.74) is 1.12. The van der Waals surface area contributed by atoms with Crippen LogP contribution in [0.15, 0.2) is 24.3 Å². The summed E-state index contributed by atoms with van der Waals surface area (Å²) in [5.74, 6) is -1.29. The van der Waals surface area contributed by atoms with Crippen molar-refractivity contribution in [2.45, 2.75) is 36.7 Å². The highest BCUT2D eigenvalue weighted by Gasteiger charge is 2.34. The van der Waals surface area contributed by atoms with Crippen LogP contribution >= 0.6 is 11.8 Å². The van der Waals surface area contributed by atoms with Crippen LogP contribution in [-0.2, 0) is 29.7 Å². The van der Waals surface area contributed by atoms with Crippen molar-refractivity contribution in [3.8, 4) is 0 Å². The molecule has 11 heteroatoms. The molecule has 1 aromatic rings. The molecule has 3 atom stereocenters. The van der Waals surface area contributed by atoms with E-state index in [1.165, 1.54) is 21.6 Å². The molecule has 0 aromatic heterocycles. The molecule has 1 fully saturated rings. The predicted molar refractivity (Wildman–Crippen MR) is 121 cm³/mol.